The quantitative estimate of drug-likeness (QED) is 0.163. The molecule has 0 saturated heterocycles. The van der Waals surface area contributed by atoms with E-state index in [-0.39, 0.29) is 11.3 Å². The van der Waals surface area contributed by atoms with Gasteiger partial charge in [-0.2, -0.15) is 13.2 Å². The largest absolute Gasteiger partial charge is 0.428 e. The Morgan fingerprint density at radius 1 is 1.03 bits per heavy atom. The van der Waals surface area contributed by atoms with Crippen LogP contribution in [0.25, 0.3) is 16.5 Å². The predicted octanol–water partition coefficient (Wildman–Crippen LogP) is 7.14. The average Bonchev–Trinajstić information content (AvgIpc) is 3.32. The highest BCUT2D eigenvalue weighted by atomic mass is 35.5. The van der Waals surface area contributed by atoms with E-state index in [2.05, 4.69) is 16.3 Å². The molecule has 0 saturated carbocycles. The number of alkyl halides is 3. The lowest BCUT2D eigenvalue weighted by Crippen LogP contribution is -2.42. The van der Waals surface area contributed by atoms with Gasteiger partial charge in [0.1, 0.15) is 0 Å². The van der Waals surface area contributed by atoms with E-state index < -0.39 is 44.7 Å². The smallest absolute Gasteiger partial charge is 0.327 e. The normalized spacial score (nSPS) is 17.8. The fourth-order valence-electron chi connectivity index (χ4n) is 3.92. The molecule has 206 valence electrons. The third-order valence-corrected chi connectivity index (χ3v) is 6.24. The number of halogens is 6. The summed E-state index contributed by atoms with van der Waals surface area (Å²) in [5.74, 6) is -1.49. The van der Waals surface area contributed by atoms with Crippen molar-refractivity contribution in [1.29, 1.82) is 0 Å². The maximum atomic E-state index is 14.4. The van der Waals surface area contributed by atoms with Crippen LogP contribution in [0.3, 0.4) is 0 Å². The Bertz CT molecular complexity index is 1460. The van der Waals surface area contributed by atoms with Gasteiger partial charge in [0, 0.05) is 29.1 Å². The fourth-order valence-corrected chi connectivity index (χ4v) is 4.40. The number of carbonyl (C=O) groups excluding carboxylic acids is 1. The molecule has 0 spiro atoms. The summed E-state index contributed by atoms with van der Waals surface area (Å²) in [4.78, 5) is 23.3. The average molecular weight is 584 g/mol. The Balaban J connectivity index is 1.71. The summed E-state index contributed by atoms with van der Waals surface area (Å²) in [6.45, 7) is 5.55. The monoisotopic (exact) mass is 583 g/mol. The third-order valence-electron chi connectivity index (χ3n) is 5.69. The van der Waals surface area contributed by atoms with E-state index in [1.54, 1.807) is 24.3 Å². The standard InChI is InChI=1S/C27H23Cl2F4N3O3/c1-25(2,3)38-35-11-10-34-24(37)19-9-8-18(16-6-4-5-7-17(16)19)22-14-26(39-36-22,27(31,32)33)15-12-20(28)23(30)21(29)13-15/h4-14,35-36H,1-3H3,(H,34,37)/b11-10+. The number of rotatable bonds is 6. The Morgan fingerprint density at radius 3 is 2.28 bits per heavy atom. The summed E-state index contributed by atoms with van der Waals surface area (Å²) in [6, 6.07) is 11.3. The van der Waals surface area contributed by atoms with Crippen molar-refractivity contribution in [3.8, 4) is 0 Å². The number of hydrogen-bond acceptors (Lipinski definition) is 5. The van der Waals surface area contributed by atoms with Gasteiger partial charge in [0.15, 0.2) is 5.82 Å². The lowest BCUT2D eigenvalue weighted by atomic mass is 9.90. The predicted molar refractivity (Wildman–Crippen MR) is 141 cm³/mol. The second kappa shape index (κ2) is 10.7. The summed E-state index contributed by atoms with van der Waals surface area (Å²) in [7, 11) is 0. The van der Waals surface area contributed by atoms with Gasteiger partial charge >= 0.3 is 6.18 Å². The molecule has 3 aromatic carbocycles. The van der Waals surface area contributed by atoms with Crippen molar-refractivity contribution in [3.63, 3.8) is 0 Å². The molecule has 12 heteroatoms. The van der Waals surface area contributed by atoms with E-state index in [0.717, 1.165) is 18.2 Å². The topological polar surface area (TPSA) is 71.6 Å². The molecule has 0 bridgehead atoms. The van der Waals surface area contributed by atoms with Crippen molar-refractivity contribution in [1.82, 2.24) is 16.3 Å². The van der Waals surface area contributed by atoms with Gasteiger partial charge < -0.3 is 5.32 Å². The molecule has 1 unspecified atom stereocenters. The van der Waals surface area contributed by atoms with Crippen LogP contribution in [0.4, 0.5) is 17.6 Å². The Morgan fingerprint density at radius 2 is 1.67 bits per heavy atom. The minimum absolute atomic E-state index is 0.0181. The van der Waals surface area contributed by atoms with Gasteiger partial charge in [-0.05, 0) is 55.8 Å². The molecule has 3 N–H and O–H groups in total. The number of amides is 1. The Kier molecular flexibility index (Phi) is 7.86. The molecule has 39 heavy (non-hydrogen) atoms. The Hall–Kier alpha value is -3.31. The van der Waals surface area contributed by atoms with Crippen LogP contribution >= 0.6 is 23.2 Å². The fraction of sp³-hybridized carbons (Fsp3) is 0.222. The molecule has 0 fully saturated rings. The maximum absolute atomic E-state index is 14.4. The number of benzene rings is 3. The highest BCUT2D eigenvalue weighted by Crippen LogP contribution is 2.49. The van der Waals surface area contributed by atoms with E-state index in [0.29, 0.717) is 16.3 Å². The maximum Gasteiger partial charge on any atom is 0.428 e. The van der Waals surface area contributed by atoms with Crippen LogP contribution in [0.5, 0.6) is 0 Å². The summed E-state index contributed by atoms with van der Waals surface area (Å²) in [5.41, 5.74) is 1.61. The van der Waals surface area contributed by atoms with Crippen LogP contribution in [0.15, 0.2) is 67.0 Å². The molecule has 1 amide bonds. The zero-order valence-electron chi connectivity index (χ0n) is 20.8. The minimum atomic E-state index is -4.97. The SMILES string of the molecule is CC(C)(C)ON/C=C/NC(=O)c1ccc(C2=CC(c3cc(Cl)c(F)c(Cl)c3)(C(F)(F)F)ON2)c2ccccc12. The lowest BCUT2D eigenvalue weighted by molar-refractivity contribution is -0.269. The first-order valence-corrected chi connectivity index (χ1v) is 12.3. The lowest BCUT2D eigenvalue weighted by Gasteiger charge is -2.28. The molecular formula is C27H23Cl2F4N3O3. The van der Waals surface area contributed by atoms with Crippen LogP contribution in [-0.2, 0) is 15.3 Å². The van der Waals surface area contributed by atoms with Crippen molar-refractivity contribution < 1.29 is 32.0 Å². The van der Waals surface area contributed by atoms with E-state index in [4.69, 9.17) is 32.9 Å². The summed E-state index contributed by atoms with van der Waals surface area (Å²) >= 11 is 11.6. The van der Waals surface area contributed by atoms with Crippen molar-refractivity contribution in [3.05, 3.63) is 99.6 Å². The molecule has 1 aliphatic heterocycles. The van der Waals surface area contributed by atoms with Crippen LogP contribution < -0.4 is 16.3 Å². The van der Waals surface area contributed by atoms with Gasteiger partial charge in [-0.3, -0.25) is 25.4 Å². The molecule has 1 heterocycles. The second-order valence-electron chi connectivity index (χ2n) is 9.59. The first-order valence-electron chi connectivity index (χ1n) is 11.5. The molecule has 6 nitrogen and oxygen atoms in total. The summed E-state index contributed by atoms with van der Waals surface area (Å²) in [6.07, 6.45) is -1.37. The van der Waals surface area contributed by atoms with Crippen molar-refractivity contribution in [2.45, 2.75) is 38.1 Å². The van der Waals surface area contributed by atoms with Crippen LogP contribution in [0.1, 0.15) is 42.3 Å². The molecule has 1 atom stereocenters. The molecule has 3 aromatic rings. The number of nitrogens with one attached hydrogen (secondary N) is 3. The van der Waals surface area contributed by atoms with E-state index in [1.807, 2.05) is 20.8 Å². The van der Waals surface area contributed by atoms with Crippen molar-refractivity contribution in [2.75, 3.05) is 0 Å². The van der Waals surface area contributed by atoms with Gasteiger partial charge in [0.25, 0.3) is 5.91 Å². The molecule has 0 aromatic heterocycles. The Labute approximate surface area is 231 Å². The number of carbonyl (C=O) groups is 1. The van der Waals surface area contributed by atoms with E-state index in [9.17, 15) is 22.4 Å². The van der Waals surface area contributed by atoms with Gasteiger partial charge in [-0.25, -0.2) is 4.39 Å². The minimum Gasteiger partial charge on any atom is -0.327 e. The third kappa shape index (κ3) is 5.84. The van der Waals surface area contributed by atoms with Crippen molar-refractivity contribution >= 4 is 45.6 Å². The first-order chi connectivity index (χ1) is 18.2. The first kappa shape index (κ1) is 28.7. The van der Waals surface area contributed by atoms with Crippen LogP contribution in [0, 0.1) is 5.82 Å². The zero-order valence-corrected chi connectivity index (χ0v) is 22.4. The second-order valence-corrected chi connectivity index (χ2v) is 10.4. The van der Waals surface area contributed by atoms with Gasteiger partial charge in [0.2, 0.25) is 5.60 Å². The van der Waals surface area contributed by atoms with Gasteiger partial charge in [0.05, 0.1) is 21.3 Å². The van der Waals surface area contributed by atoms with Gasteiger partial charge in [-0.1, -0.05) is 53.5 Å². The molecule has 0 radical (unpaired) electrons. The number of hydroxylamine groups is 2. The number of hydrogen-bond donors (Lipinski definition) is 3. The van der Waals surface area contributed by atoms with E-state index >= 15 is 0 Å². The van der Waals surface area contributed by atoms with Gasteiger partial charge in [-0.15, -0.1) is 0 Å². The highest BCUT2D eigenvalue weighted by molar-refractivity contribution is 6.35. The molecule has 4 rings (SSSR count). The highest BCUT2D eigenvalue weighted by Gasteiger charge is 2.60. The van der Waals surface area contributed by atoms with E-state index in [1.165, 1.54) is 24.5 Å². The zero-order chi connectivity index (χ0) is 28.6. The van der Waals surface area contributed by atoms with Crippen LogP contribution in [0.2, 0.25) is 10.0 Å². The van der Waals surface area contributed by atoms with Crippen LogP contribution in [-0.4, -0.2) is 17.7 Å². The molecule has 1 aliphatic rings. The molecular weight excluding hydrogens is 561 g/mol. The summed E-state index contributed by atoms with van der Waals surface area (Å²) in [5, 5.41) is 2.42. The number of fused-ring (bicyclic) bond motifs is 1. The van der Waals surface area contributed by atoms with Crippen molar-refractivity contribution in [2.24, 2.45) is 0 Å². The summed E-state index contributed by atoms with van der Waals surface area (Å²) < 4.78 is 57.2. The molecule has 0 aliphatic carbocycles.